The van der Waals surface area contributed by atoms with Crippen molar-refractivity contribution in [1.29, 1.82) is 0 Å². The summed E-state index contributed by atoms with van der Waals surface area (Å²) in [5.41, 5.74) is 0.734. The molecule has 1 aromatic carbocycles. The number of carbonyl (C=O) groups is 1. The average Bonchev–Trinajstić information content (AvgIpc) is 2.85. The van der Waals surface area contributed by atoms with E-state index in [-0.39, 0.29) is 5.91 Å². The molecule has 0 saturated heterocycles. The number of amides is 1. The molecule has 2 aromatic rings. The van der Waals surface area contributed by atoms with Crippen LogP contribution in [0.2, 0.25) is 0 Å². The van der Waals surface area contributed by atoms with Gasteiger partial charge in [0, 0.05) is 31.0 Å². The van der Waals surface area contributed by atoms with E-state index in [1.165, 1.54) is 11.8 Å². The Balaban J connectivity index is 1.79. The first-order chi connectivity index (χ1) is 9.69. The van der Waals surface area contributed by atoms with E-state index in [1.807, 2.05) is 29.8 Å². The highest BCUT2D eigenvalue weighted by molar-refractivity contribution is 7.99. The van der Waals surface area contributed by atoms with Gasteiger partial charge in [-0.25, -0.2) is 0 Å². The maximum atomic E-state index is 11.8. The lowest BCUT2D eigenvalue weighted by Gasteiger charge is -2.06. The fourth-order valence-electron chi connectivity index (χ4n) is 1.56. The summed E-state index contributed by atoms with van der Waals surface area (Å²) in [5.74, 6) is 1.34. The first kappa shape index (κ1) is 14.4. The molecule has 7 heteroatoms. The normalized spacial score (nSPS) is 10.3. The van der Waals surface area contributed by atoms with Crippen molar-refractivity contribution in [2.24, 2.45) is 7.05 Å². The minimum Gasteiger partial charge on any atom is -0.497 e. The minimum absolute atomic E-state index is 0.0343. The number of methoxy groups -OCH3 is 1. The van der Waals surface area contributed by atoms with Gasteiger partial charge in [0.2, 0.25) is 5.91 Å². The fourth-order valence-corrected chi connectivity index (χ4v) is 2.39. The Bertz CT molecular complexity index is 585. The molecule has 1 N–H and O–H groups in total. The highest BCUT2D eigenvalue weighted by Crippen LogP contribution is 2.18. The van der Waals surface area contributed by atoms with Crippen LogP contribution < -0.4 is 10.1 Å². The van der Waals surface area contributed by atoms with Crippen LogP contribution in [0.4, 0.5) is 5.69 Å². The third-order valence-corrected chi connectivity index (χ3v) is 3.62. The highest BCUT2D eigenvalue weighted by atomic mass is 32.2. The van der Waals surface area contributed by atoms with Gasteiger partial charge in [-0.05, 0) is 12.1 Å². The summed E-state index contributed by atoms with van der Waals surface area (Å²) in [6, 6.07) is 7.28. The number of benzene rings is 1. The second kappa shape index (κ2) is 6.95. The van der Waals surface area contributed by atoms with Crippen molar-refractivity contribution >= 4 is 23.4 Å². The van der Waals surface area contributed by atoms with E-state index in [0.717, 1.165) is 16.6 Å². The molecule has 1 aromatic heterocycles. The predicted molar refractivity (Wildman–Crippen MR) is 78.0 cm³/mol. The molecule has 0 atom stereocenters. The SMILES string of the molecule is COc1cccc(NC(=O)CCSc2nncn2C)c1. The van der Waals surface area contributed by atoms with E-state index in [4.69, 9.17) is 4.74 Å². The Hall–Kier alpha value is -2.02. The van der Waals surface area contributed by atoms with Crippen molar-refractivity contribution < 1.29 is 9.53 Å². The molecule has 0 saturated carbocycles. The lowest BCUT2D eigenvalue weighted by Crippen LogP contribution is -2.12. The monoisotopic (exact) mass is 292 g/mol. The van der Waals surface area contributed by atoms with Gasteiger partial charge in [0.05, 0.1) is 7.11 Å². The van der Waals surface area contributed by atoms with Crippen molar-refractivity contribution in [2.75, 3.05) is 18.2 Å². The molecule has 0 aliphatic rings. The van der Waals surface area contributed by atoms with Crippen molar-refractivity contribution in [2.45, 2.75) is 11.6 Å². The van der Waals surface area contributed by atoms with Crippen LogP contribution in [0.25, 0.3) is 0 Å². The summed E-state index contributed by atoms with van der Waals surface area (Å²) in [6.45, 7) is 0. The van der Waals surface area contributed by atoms with Gasteiger partial charge in [-0.3, -0.25) is 4.79 Å². The van der Waals surface area contributed by atoms with Gasteiger partial charge < -0.3 is 14.6 Å². The topological polar surface area (TPSA) is 69.0 Å². The Kier molecular flexibility index (Phi) is 5.00. The van der Waals surface area contributed by atoms with Crippen LogP contribution >= 0.6 is 11.8 Å². The molecule has 1 heterocycles. The third kappa shape index (κ3) is 3.99. The van der Waals surface area contributed by atoms with Crippen molar-refractivity contribution in [3.63, 3.8) is 0 Å². The number of hydrogen-bond acceptors (Lipinski definition) is 5. The Morgan fingerprint density at radius 1 is 1.50 bits per heavy atom. The zero-order valence-corrected chi connectivity index (χ0v) is 12.2. The van der Waals surface area contributed by atoms with E-state index in [0.29, 0.717) is 12.2 Å². The van der Waals surface area contributed by atoms with Crippen molar-refractivity contribution in [3.8, 4) is 5.75 Å². The number of aryl methyl sites for hydroxylation is 1. The van der Waals surface area contributed by atoms with E-state index >= 15 is 0 Å². The Morgan fingerprint density at radius 3 is 3.05 bits per heavy atom. The molecule has 6 nitrogen and oxygen atoms in total. The van der Waals surface area contributed by atoms with Crippen LogP contribution in [0.1, 0.15) is 6.42 Å². The molecular formula is C13H16N4O2S. The number of carbonyl (C=O) groups excluding carboxylic acids is 1. The summed E-state index contributed by atoms with van der Waals surface area (Å²) < 4.78 is 6.93. The Labute approximate surface area is 121 Å². The van der Waals surface area contributed by atoms with Crippen LogP contribution in [0, 0.1) is 0 Å². The van der Waals surface area contributed by atoms with Gasteiger partial charge in [0.15, 0.2) is 5.16 Å². The van der Waals surface area contributed by atoms with Crippen LogP contribution in [-0.2, 0) is 11.8 Å². The number of aromatic nitrogens is 3. The van der Waals surface area contributed by atoms with Gasteiger partial charge >= 0.3 is 0 Å². The third-order valence-electron chi connectivity index (χ3n) is 2.58. The number of nitrogens with zero attached hydrogens (tertiary/aromatic N) is 3. The zero-order chi connectivity index (χ0) is 14.4. The molecule has 0 spiro atoms. The van der Waals surface area contributed by atoms with Crippen LogP contribution in [0.5, 0.6) is 5.75 Å². The second-order valence-electron chi connectivity index (χ2n) is 4.10. The molecule has 0 bridgehead atoms. The number of anilines is 1. The quantitative estimate of drug-likeness (QED) is 0.824. The first-order valence-electron chi connectivity index (χ1n) is 6.10. The highest BCUT2D eigenvalue weighted by Gasteiger charge is 2.06. The molecule has 1 amide bonds. The minimum atomic E-state index is -0.0343. The number of rotatable bonds is 6. The van der Waals surface area contributed by atoms with Crippen LogP contribution in [-0.4, -0.2) is 33.5 Å². The standard InChI is InChI=1S/C13H16N4O2S/c1-17-9-14-16-13(17)20-7-6-12(18)15-10-4-3-5-11(8-10)19-2/h3-5,8-9H,6-7H2,1-2H3,(H,15,18). The zero-order valence-electron chi connectivity index (χ0n) is 11.4. The van der Waals surface area contributed by atoms with Gasteiger partial charge in [-0.2, -0.15) is 0 Å². The van der Waals surface area contributed by atoms with Gasteiger partial charge in [0.1, 0.15) is 12.1 Å². The Morgan fingerprint density at radius 2 is 2.35 bits per heavy atom. The second-order valence-corrected chi connectivity index (χ2v) is 5.17. The lowest BCUT2D eigenvalue weighted by molar-refractivity contribution is -0.115. The molecule has 0 unspecified atom stereocenters. The smallest absolute Gasteiger partial charge is 0.225 e. The number of thioether (sulfide) groups is 1. The maximum absolute atomic E-state index is 11.8. The first-order valence-corrected chi connectivity index (χ1v) is 7.08. The van der Waals surface area contributed by atoms with E-state index in [2.05, 4.69) is 15.5 Å². The fraction of sp³-hybridized carbons (Fsp3) is 0.308. The summed E-state index contributed by atoms with van der Waals surface area (Å²) in [6.07, 6.45) is 2.05. The number of ether oxygens (including phenoxy) is 1. The summed E-state index contributed by atoms with van der Waals surface area (Å²) in [4.78, 5) is 11.8. The van der Waals surface area contributed by atoms with E-state index < -0.39 is 0 Å². The van der Waals surface area contributed by atoms with Gasteiger partial charge in [0.25, 0.3) is 0 Å². The number of hydrogen-bond donors (Lipinski definition) is 1. The van der Waals surface area contributed by atoms with Gasteiger partial charge in [-0.1, -0.05) is 17.8 Å². The summed E-state index contributed by atoms with van der Waals surface area (Å²) >= 11 is 1.50. The predicted octanol–water partition coefficient (Wildman–Crippen LogP) is 1.94. The van der Waals surface area contributed by atoms with E-state index in [1.54, 1.807) is 19.5 Å². The molecular weight excluding hydrogens is 276 g/mol. The molecule has 2 rings (SSSR count). The molecule has 20 heavy (non-hydrogen) atoms. The summed E-state index contributed by atoms with van der Waals surface area (Å²) in [5, 5.41) is 11.4. The van der Waals surface area contributed by atoms with Crippen LogP contribution in [0.3, 0.4) is 0 Å². The maximum Gasteiger partial charge on any atom is 0.225 e. The average molecular weight is 292 g/mol. The molecule has 106 valence electrons. The molecule has 0 fully saturated rings. The molecule has 0 radical (unpaired) electrons. The van der Waals surface area contributed by atoms with E-state index in [9.17, 15) is 4.79 Å². The largest absolute Gasteiger partial charge is 0.497 e. The van der Waals surface area contributed by atoms with Gasteiger partial charge in [-0.15, -0.1) is 10.2 Å². The summed E-state index contributed by atoms with van der Waals surface area (Å²) in [7, 11) is 3.47. The number of nitrogens with one attached hydrogen (secondary N) is 1. The lowest BCUT2D eigenvalue weighted by atomic mass is 10.3. The van der Waals surface area contributed by atoms with Crippen molar-refractivity contribution in [1.82, 2.24) is 14.8 Å². The van der Waals surface area contributed by atoms with Crippen molar-refractivity contribution in [3.05, 3.63) is 30.6 Å². The molecule has 0 aliphatic heterocycles. The van der Waals surface area contributed by atoms with Crippen LogP contribution in [0.15, 0.2) is 35.7 Å². The molecule has 0 aliphatic carbocycles.